The summed E-state index contributed by atoms with van der Waals surface area (Å²) in [4.78, 5) is 15.7. The standard InChI is InChI=1S/C19H21IN6/c20-14-6-13(7-22-8-14)16-10-26(19-17(16)18(21)23-11-24-19)15-4-12(5-15)9-25-2-1-3-25/h6-8,10-12,15H,1-5,9H2,(H2,21,23,24). The first-order valence-electron chi connectivity index (χ1n) is 9.13. The van der Waals surface area contributed by atoms with E-state index in [0.29, 0.717) is 11.9 Å². The van der Waals surface area contributed by atoms with Crippen molar-refractivity contribution in [1.29, 1.82) is 0 Å². The number of halogens is 1. The lowest BCUT2D eigenvalue weighted by Crippen LogP contribution is -2.43. The van der Waals surface area contributed by atoms with E-state index in [1.54, 1.807) is 6.33 Å². The second-order valence-corrected chi connectivity index (χ2v) is 8.69. The summed E-state index contributed by atoms with van der Waals surface area (Å²) < 4.78 is 3.42. The molecule has 3 aromatic rings. The van der Waals surface area contributed by atoms with Crippen molar-refractivity contribution in [1.82, 2.24) is 24.4 Å². The van der Waals surface area contributed by atoms with Crippen molar-refractivity contribution in [3.63, 3.8) is 0 Å². The maximum atomic E-state index is 6.23. The highest BCUT2D eigenvalue weighted by Gasteiger charge is 2.34. The number of anilines is 1. The molecule has 134 valence electrons. The minimum Gasteiger partial charge on any atom is -0.383 e. The summed E-state index contributed by atoms with van der Waals surface area (Å²) >= 11 is 2.29. The third-order valence-electron chi connectivity index (χ3n) is 5.72. The molecule has 2 aliphatic rings. The first-order chi connectivity index (χ1) is 12.7. The molecule has 4 heterocycles. The zero-order valence-corrected chi connectivity index (χ0v) is 16.6. The summed E-state index contributed by atoms with van der Waals surface area (Å²) in [6, 6.07) is 2.63. The van der Waals surface area contributed by atoms with Gasteiger partial charge >= 0.3 is 0 Å². The molecule has 7 heteroatoms. The minimum absolute atomic E-state index is 0.502. The Morgan fingerprint density at radius 2 is 2.04 bits per heavy atom. The zero-order chi connectivity index (χ0) is 17.7. The molecule has 0 atom stereocenters. The maximum absolute atomic E-state index is 6.23. The van der Waals surface area contributed by atoms with Crippen LogP contribution in [0.1, 0.15) is 25.3 Å². The summed E-state index contributed by atoms with van der Waals surface area (Å²) in [6.45, 7) is 3.81. The van der Waals surface area contributed by atoms with Gasteiger partial charge in [0.15, 0.2) is 0 Å². The fourth-order valence-corrected chi connectivity index (χ4v) is 4.67. The van der Waals surface area contributed by atoms with Crippen LogP contribution in [0.3, 0.4) is 0 Å². The lowest BCUT2D eigenvalue weighted by molar-refractivity contribution is 0.0921. The molecule has 0 bridgehead atoms. The summed E-state index contributed by atoms with van der Waals surface area (Å²) in [5, 5.41) is 0.947. The number of hydrogen-bond donors (Lipinski definition) is 1. The number of nitrogens with two attached hydrogens (primary N) is 1. The smallest absolute Gasteiger partial charge is 0.146 e. The van der Waals surface area contributed by atoms with E-state index in [0.717, 1.165) is 31.6 Å². The first-order valence-corrected chi connectivity index (χ1v) is 10.2. The molecule has 2 fully saturated rings. The topological polar surface area (TPSA) is 72.9 Å². The molecule has 5 rings (SSSR count). The van der Waals surface area contributed by atoms with E-state index in [9.17, 15) is 0 Å². The normalized spacial score (nSPS) is 23.0. The van der Waals surface area contributed by atoms with E-state index in [4.69, 9.17) is 5.73 Å². The SMILES string of the molecule is Nc1ncnc2c1c(-c1cncc(I)c1)cn2C1CC(CN2CCC2)C1. The second-order valence-electron chi connectivity index (χ2n) is 7.44. The van der Waals surface area contributed by atoms with E-state index < -0.39 is 0 Å². The van der Waals surface area contributed by atoms with Gasteiger partial charge in [0.25, 0.3) is 0 Å². The van der Waals surface area contributed by atoms with Gasteiger partial charge in [-0.3, -0.25) is 4.98 Å². The van der Waals surface area contributed by atoms with Gasteiger partial charge in [-0.05, 0) is 66.9 Å². The molecule has 26 heavy (non-hydrogen) atoms. The maximum Gasteiger partial charge on any atom is 0.146 e. The van der Waals surface area contributed by atoms with E-state index in [1.165, 1.54) is 38.9 Å². The highest BCUT2D eigenvalue weighted by Crippen LogP contribution is 2.43. The molecule has 6 nitrogen and oxygen atoms in total. The third kappa shape index (κ3) is 2.77. The van der Waals surface area contributed by atoms with Crippen LogP contribution in [0.2, 0.25) is 0 Å². The van der Waals surface area contributed by atoms with Gasteiger partial charge in [-0.25, -0.2) is 9.97 Å². The van der Waals surface area contributed by atoms with Gasteiger partial charge in [0.05, 0.1) is 5.39 Å². The summed E-state index contributed by atoms with van der Waals surface area (Å²) in [6.07, 6.45) is 11.3. The van der Waals surface area contributed by atoms with Gasteiger partial charge in [-0.15, -0.1) is 0 Å². The predicted molar refractivity (Wildman–Crippen MR) is 111 cm³/mol. The zero-order valence-electron chi connectivity index (χ0n) is 14.5. The van der Waals surface area contributed by atoms with Crippen LogP contribution in [0.4, 0.5) is 5.82 Å². The average molecular weight is 460 g/mol. The third-order valence-corrected chi connectivity index (χ3v) is 6.31. The second kappa shape index (κ2) is 6.45. The Labute approximate surface area is 166 Å². The molecular weight excluding hydrogens is 439 g/mol. The molecule has 1 saturated heterocycles. The largest absolute Gasteiger partial charge is 0.383 e. The molecule has 3 aromatic heterocycles. The summed E-state index contributed by atoms with van der Waals surface area (Å²) in [5.41, 5.74) is 9.32. The van der Waals surface area contributed by atoms with Crippen molar-refractivity contribution in [2.45, 2.75) is 25.3 Å². The molecule has 2 N–H and O–H groups in total. The van der Waals surface area contributed by atoms with Crippen LogP contribution < -0.4 is 5.73 Å². The lowest BCUT2D eigenvalue weighted by Gasteiger charge is -2.42. The number of likely N-dealkylation sites (tertiary alicyclic amines) is 1. The molecule has 1 aliphatic heterocycles. The van der Waals surface area contributed by atoms with Crippen molar-refractivity contribution >= 4 is 39.4 Å². The van der Waals surface area contributed by atoms with Crippen LogP contribution in [0.15, 0.2) is 31.0 Å². The van der Waals surface area contributed by atoms with Crippen molar-refractivity contribution in [2.24, 2.45) is 5.92 Å². The Bertz CT molecular complexity index is 958. The number of aromatic nitrogens is 4. The van der Waals surface area contributed by atoms with Crippen LogP contribution in [0.5, 0.6) is 0 Å². The Morgan fingerprint density at radius 1 is 1.19 bits per heavy atom. The lowest BCUT2D eigenvalue weighted by atomic mass is 9.79. The van der Waals surface area contributed by atoms with E-state index in [1.807, 2.05) is 12.4 Å². The van der Waals surface area contributed by atoms with E-state index in [2.05, 4.69) is 59.3 Å². The summed E-state index contributed by atoms with van der Waals surface area (Å²) in [5.74, 6) is 1.35. The van der Waals surface area contributed by atoms with Crippen molar-refractivity contribution in [3.05, 3.63) is 34.6 Å². The number of nitrogen functional groups attached to an aromatic ring is 1. The monoisotopic (exact) mass is 460 g/mol. The summed E-state index contributed by atoms with van der Waals surface area (Å²) in [7, 11) is 0. The van der Waals surface area contributed by atoms with Crippen LogP contribution in [0, 0.1) is 9.49 Å². The van der Waals surface area contributed by atoms with Crippen LogP contribution in [0.25, 0.3) is 22.2 Å². The predicted octanol–water partition coefficient (Wildman–Crippen LogP) is 3.34. The number of hydrogen-bond acceptors (Lipinski definition) is 5. The van der Waals surface area contributed by atoms with Gasteiger partial charge in [0, 0.05) is 45.9 Å². The Hall–Kier alpha value is -1.74. The average Bonchev–Trinajstić information content (AvgIpc) is 2.93. The van der Waals surface area contributed by atoms with Crippen molar-refractivity contribution < 1.29 is 0 Å². The van der Waals surface area contributed by atoms with Crippen LogP contribution in [-0.2, 0) is 0 Å². The number of fused-ring (bicyclic) bond motifs is 1. The van der Waals surface area contributed by atoms with Gasteiger partial charge in [-0.1, -0.05) is 0 Å². The molecular formula is C19H21IN6. The van der Waals surface area contributed by atoms with Crippen molar-refractivity contribution in [2.75, 3.05) is 25.4 Å². The van der Waals surface area contributed by atoms with Crippen LogP contribution in [-0.4, -0.2) is 44.1 Å². The molecule has 1 saturated carbocycles. The van der Waals surface area contributed by atoms with Crippen molar-refractivity contribution in [3.8, 4) is 11.1 Å². The highest BCUT2D eigenvalue weighted by molar-refractivity contribution is 14.1. The van der Waals surface area contributed by atoms with E-state index in [-0.39, 0.29) is 0 Å². The van der Waals surface area contributed by atoms with Crippen LogP contribution >= 0.6 is 22.6 Å². The molecule has 1 aliphatic carbocycles. The fraction of sp³-hybridized carbons (Fsp3) is 0.421. The molecule has 0 unspecified atom stereocenters. The molecule has 0 spiro atoms. The quantitative estimate of drug-likeness (QED) is 0.605. The van der Waals surface area contributed by atoms with E-state index >= 15 is 0 Å². The minimum atomic E-state index is 0.502. The first kappa shape index (κ1) is 16.4. The Morgan fingerprint density at radius 3 is 2.77 bits per heavy atom. The van der Waals surface area contributed by atoms with Gasteiger partial charge in [0.2, 0.25) is 0 Å². The number of rotatable bonds is 4. The number of nitrogens with zero attached hydrogens (tertiary/aromatic N) is 5. The number of pyridine rings is 1. The Balaban J connectivity index is 1.50. The van der Waals surface area contributed by atoms with Gasteiger partial charge in [-0.2, -0.15) is 0 Å². The molecule has 0 amide bonds. The molecule has 0 radical (unpaired) electrons. The fourth-order valence-electron chi connectivity index (χ4n) is 4.17. The Kier molecular flexibility index (Phi) is 4.08. The van der Waals surface area contributed by atoms with Gasteiger partial charge < -0.3 is 15.2 Å². The molecule has 0 aromatic carbocycles. The highest BCUT2D eigenvalue weighted by atomic mass is 127. The van der Waals surface area contributed by atoms with Gasteiger partial charge in [0.1, 0.15) is 17.8 Å².